The molecule has 4 nitrogen and oxygen atoms in total. The van der Waals surface area contributed by atoms with Crippen molar-refractivity contribution in [3.05, 3.63) is 27.2 Å². The molecule has 1 N–H and O–H groups in total. The molecule has 0 aliphatic carbocycles. The van der Waals surface area contributed by atoms with E-state index in [9.17, 15) is 9.59 Å². The van der Waals surface area contributed by atoms with Crippen molar-refractivity contribution in [3.8, 4) is 5.75 Å². The number of halogens is 2. The molecule has 0 spiro atoms. The van der Waals surface area contributed by atoms with Gasteiger partial charge in [-0.25, -0.2) is 4.79 Å². The Bertz CT molecular complexity index is 410. The van der Waals surface area contributed by atoms with Crippen LogP contribution in [-0.2, 0) is 4.79 Å². The first kappa shape index (κ1) is 13.0. The summed E-state index contributed by atoms with van der Waals surface area (Å²) in [4.78, 5) is 21.1. The quantitative estimate of drug-likeness (QED) is 0.869. The fraction of sp³-hybridized carbons (Fsp3) is 0.200. The SMILES string of the molecule is C[C@H](Oc1c(Cl)cc(C=O)cc1Br)C(=O)O. The van der Waals surface area contributed by atoms with Gasteiger partial charge in [-0.05, 0) is 35.0 Å². The van der Waals surface area contributed by atoms with Crippen molar-refractivity contribution in [2.75, 3.05) is 0 Å². The van der Waals surface area contributed by atoms with Crippen LogP contribution in [0.4, 0.5) is 0 Å². The Labute approximate surface area is 105 Å². The summed E-state index contributed by atoms with van der Waals surface area (Å²) in [6, 6.07) is 2.91. The molecule has 86 valence electrons. The molecule has 1 rings (SSSR count). The van der Waals surface area contributed by atoms with Crippen molar-refractivity contribution in [1.82, 2.24) is 0 Å². The van der Waals surface area contributed by atoms with E-state index in [-0.39, 0.29) is 10.8 Å². The molecule has 0 saturated carbocycles. The number of rotatable bonds is 4. The number of ether oxygens (including phenoxy) is 1. The van der Waals surface area contributed by atoms with E-state index >= 15 is 0 Å². The van der Waals surface area contributed by atoms with E-state index in [1.807, 2.05) is 0 Å². The first-order chi connectivity index (χ1) is 7.45. The Morgan fingerprint density at radius 3 is 2.69 bits per heavy atom. The number of carboxylic acid groups (broad SMARTS) is 1. The zero-order chi connectivity index (χ0) is 12.3. The van der Waals surface area contributed by atoms with Gasteiger partial charge in [0.1, 0.15) is 6.29 Å². The van der Waals surface area contributed by atoms with Gasteiger partial charge < -0.3 is 9.84 Å². The first-order valence-electron chi connectivity index (χ1n) is 4.29. The molecule has 0 amide bonds. The van der Waals surface area contributed by atoms with Gasteiger partial charge in [-0.15, -0.1) is 0 Å². The monoisotopic (exact) mass is 306 g/mol. The van der Waals surface area contributed by atoms with Crippen LogP contribution < -0.4 is 4.74 Å². The molecule has 0 aromatic heterocycles. The second-order valence-corrected chi connectivity index (χ2v) is 4.29. The highest BCUT2D eigenvalue weighted by Gasteiger charge is 2.17. The third-order valence-corrected chi connectivity index (χ3v) is 2.67. The number of carbonyl (C=O) groups is 2. The van der Waals surface area contributed by atoms with Crippen LogP contribution in [-0.4, -0.2) is 23.5 Å². The minimum Gasteiger partial charge on any atom is -0.479 e. The Hall–Kier alpha value is -1.07. The van der Waals surface area contributed by atoms with Crippen LogP contribution >= 0.6 is 27.5 Å². The normalized spacial score (nSPS) is 11.9. The maximum atomic E-state index is 10.6. The summed E-state index contributed by atoms with van der Waals surface area (Å²) in [5, 5.41) is 8.87. The zero-order valence-electron chi connectivity index (χ0n) is 8.24. The zero-order valence-corrected chi connectivity index (χ0v) is 10.6. The van der Waals surface area contributed by atoms with Gasteiger partial charge in [0, 0.05) is 5.56 Å². The molecule has 1 aromatic rings. The molecule has 0 fully saturated rings. The van der Waals surface area contributed by atoms with Gasteiger partial charge in [-0.2, -0.15) is 0 Å². The van der Waals surface area contributed by atoms with Gasteiger partial charge in [-0.3, -0.25) is 4.79 Å². The largest absolute Gasteiger partial charge is 0.479 e. The topological polar surface area (TPSA) is 63.6 Å². The van der Waals surface area contributed by atoms with Crippen LogP contribution in [0.3, 0.4) is 0 Å². The Balaban J connectivity index is 3.05. The molecule has 0 radical (unpaired) electrons. The molecule has 6 heteroatoms. The number of carboxylic acids is 1. The third kappa shape index (κ3) is 2.96. The fourth-order valence-corrected chi connectivity index (χ4v) is 1.95. The molecule has 0 aliphatic rings. The van der Waals surface area contributed by atoms with Crippen LogP contribution in [0, 0.1) is 0 Å². The maximum Gasteiger partial charge on any atom is 0.344 e. The minimum absolute atomic E-state index is 0.185. The minimum atomic E-state index is -1.09. The van der Waals surface area contributed by atoms with Gasteiger partial charge in [0.25, 0.3) is 0 Å². The van der Waals surface area contributed by atoms with E-state index in [2.05, 4.69) is 15.9 Å². The van der Waals surface area contributed by atoms with E-state index in [0.29, 0.717) is 16.3 Å². The third-order valence-electron chi connectivity index (χ3n) is 1.80. The van der Waals surface area contributed by atoms with Crippen molar-refractivity contribution >= 4 is 39.8 Å². The van der Waals surface area contributed by atoms with Gasteiger partial charge in [0.05, 0.1) is 9.50 Å². The summed E-state index contributed by atoms with van der Waals surface area (Å²) in [5.74, 6) is -0.885. The van der Waals surface area contributed by atoms with Crippen molar-refractivity contribution in [3.63, 3.8) is 0 Å². The number of hydrogen-bond donors (Lipinski definition) is 1. The van der Waals surface area contributed by atoms with Gasteiger partial charge in [-0.1, -0.05) is 11.6 Å². The molecule has 0 aliphatic heterocycles. The van der Waals surface area contributed by atoms with E-state index in [4.69, 9.17) is 21.4 Å². The lowest BCUT2D eigenvalue weighted by Crippen LogP contribution is -2.23. The van der Waals surface area contributed by atoms with E-state index in [0.717, 1.165) is 0 Å². The van der Waals surface area contributed by atoms with Crippen LogP contribution in [0.2, 0.25) is 5.02 Å². The van der Waals surface area contributed by atoms with Crippen LogP contribution in [0.5, 0.6) is 5.75 Å². The van der Waals surface area contributed by atoms with Crippen LogP contribution in [0.15, 0.2) is 16.6 Å². The predicted octanol–water partition coefficient (Wildman–Crippen LogP) is 2.77. The molecule has 1 aromatic carbocycles. The van der Waals surface area contributed by atoms with Crippen LogP contribution in [0.25, 0.3) is 0 Å². The first-order valence-corrected chi connectivity index (χ1v) is 5.46. The molecular weight excluding hydrogens is 299 g/mol. The summed E-state index contributed by atoms with van der Waals surface area (Å²) in [5.41, 5.74) is 0.382. The Kier molecular flexibility index (Phi) is 4.32. The smallest absolute Gasteiger partial charge is 0.344 e. The molecule has 16 heavy (non-hydrogen) atoms. The standard InChI is InChI=1S/C10H8BrClO4/c1-5(10(14)15)16-9-7(11)2-6(4-13)3-8(9)12/h2-5H,1H3,(H,14,15)/t5-/m0/s1. The average Bonchev–Trinajstić information content (AvgIpc) is 2.22. The van der Waals surface area contributed by atoms with Gasteiger partial charge in [0.15, 0.2) is 11.9 Å². The molecule has 0 heterocycles. The second-order valence-electron chi connectivity index (χ2n) is 3.03. The molecule has 1 atom stereocenters. The highest BCUT2D eigenvalue weighted by Crippen LogP contribution is 2.34. The summed E-state index contributed by atoms with van der Waals surface area (Å²) in [7, 11) is 0. The summed E-state index contributed by atoms with van der Waals surface area (Å²) >= 11 is 9.01. The Morgan fingerprint density at radius 2 is 2.25 bits per heavy atom. The molecule has 0 bridgehead atoms. The second kappa shape index (κ2) is 5.32. The van der Waals surface area contributed by atoms with Crippen LogP contribution in [0.1, 0.15) is 17.3 Å². The van der Waals surface area contributed by atoms with Crippen molar-refractivity contribution in [1.29, 1.82) is 0 Å². The highest BCUT2D eigenvalue weighted by atomic mass is 79.9. The fourth-order valence-electron chi connectivity index (χ4n) is 0.987. The number of benzene rings is 1. The van der Waals surface area contributed by atoms with Crippen molar-refractivity contribution < 1.29 is 19.4 Å². The van der Waals surface area contributed by atoms with Gasteiger partial charge in [0.2, 0.25) is 0 Å². The summed E-state index contributed by atoms with van der Waals surface area (Å²) in [6.07, 6.45) is -0.378. The summed E-state index contributed by atoms with van der Waals surface area (Å²) in [6.45, 7) is 1.39. The number of carbonyl (C=O) groups excluding carboxylic acids is 1. The Morgan fingerprint density at radius 1 is 1.62 bits per heavy atom. The predicted molar refractivity (Wildman–Crippen MR) is 62.3 cm³/mol. The lowest BCUT2D eigenvalue weighted by atomic mass is 10.2. The van der Waals surface area contributed by atoms with Crippen molar-refractivity contribution in [2.45, 2.75) is 13.0 Å². The molecular formula is C10H8BrClO4. The van der Waals surface area contributed by atoms with Crippen molar-refractivity contribution in [2.24, 2.45) is 0 Å². The lowest BCUT2D eigenvalue weighted by Gasteiger charge is -2.13. The van der Waals surface area contributed by atoms with E-state index in [1.165, 1.54) is 19.1 Å². The lowest BCUT2D eigenvalue weighted by molar-refractivity contribution is -0.144. The number of aliphatic carboxylic acids is 1. The highest BCUT2D eigenvalue weighted by molar-refractivity contribution is 9.10. The van der Waals surface area contributed by atoms with Gasteiger partial charge >= 0.3 is 5.97 Å². The number of aldehydes is 1. The maximum absolute atomic E-state index is 10.6. The van der Waals surface area contributed by atoms with E-state index in [1.54, 1.807) is 0 Å². The van der Waals surface area contributed by atoms with E-state index < -0.39 is 12.1 Å². The summed E-state index contributed by atoms with van der Waals surface area (Å²) < 4.78 is 5.58. The average molecular weight is 308 g/mol. The molecule has 0 saturated heterocycles. The number of hydrogen-bond acceptors (Lipinski definition) is 3. The molecule has 0 unspecified atom stereocenters.